The molecule has 1 unspecified atom stereocenters. The normalized spacial score (nSPS) is 19.5. The van der Waals surface area contributed by atoms with Crippen LogP contribution in [0.1, 0.15) is 43.6 Å². The number of hydrogen-bond acceptors (Lipinski definition) is 6. The number of hydrogen-bond donors (Lipinski definition) is 1. The van der Waals surface area contributed by atoms with Gasteiger partial charge in [-0.2, -0.15) is 0 Å². The Morgan fingerprint density at radius 1 is 1.26 bits per heavy atom. The van der Waals surface area contributed by atoms with Gasteiger partial charge in [-0.3, -0.25) is 4.79 Å². The summed E-state index contributed by atoms with van der Waals surface area (Å²) in [5, 5.41) is 2.72. The van der Waals surface area contributed by atoms with Crippen LogP contribution in [0.25, 0.3) is 0 Å². The fourth-order valence-electron chi connectivity index (χ4n) is 2.65. The number of amides is 1. The number of rotatable bonds is 7. The average Bonchev–Trinajstić information content (AvgIpc) is 2.86. The van der Waals surface area contributed by atoms with E-state index in [9.17, 15) is 13.2 Å². The lowest BCUT2D eigenvalue weighted by Crippen LogP contribution is -2.36. The number of nitrogens with zero attached hydrogens (tertiary/aromatic N) is 3. The summed E-state index contributed by atoms with van der Waals surface area (Å²) < 4.78 is 22.8. The summed E-state index contributed by atoms with van der Waals surface area (Å²) in [6.45, 7) is 6.00. The van der Waals surface area contributed by atoms with Crippen LogP contribution in [0.4, 0.5) is 5.82 Å². The lowest BCUT2D eigenvalue weighted by Gasteiger charge is -2.22. The van der Waals surface area contributed by atoms with Gasteiger partial charge in [0.1, 0.15) is 11.5 Å². The van der Waals surface area contributed by atoms with Crippen molar-refractivity contribution in [1.82, 2.24) is 15.3 Å². The summed E-state index contributed by atoms with van der Waals surface area (Å²) in [5.74, 6) is 0.522. The zero-order valence-corrected chi connectivity index (χ0v) is 14.5. The van der Waals surface area contributed by atoms with Crippen LogP contribution in [-0.4, -0.2) is 54.9 Å². The van der Waals surface area contributed by atoms with E-state index in [1.54, 1.807) is 6.20 Å². The number of aromatic nitrogens is 2. The summed E-state index contributed by atoms with van der Waals surface area (Å²) in [4.78, 5) is 22.8. The number of carbonyl (C=O) groups excluding carboxylic acids is 1. The van der Waals surface area contributed by atoms with Gasteiger partial charge in [0.25, 0.3) is 5.91 Å². The molecule has 1 N–H and O–H groups in total. The highest BCUT2D eigenvalue weighted by molar-refractivity contribution is 7.91. The van der Waals surface area contributed by atoms with Crippen molar-refractivity contribution in [1.29, 1.82) is 0 Å². The van der Waals surface area contributed by atoms with Gasteiger partial charge in [-0.1, -0.05) is 13.8 Å². The van der Waals surface area contributed by atoms with E-state index in [1.807, 2.05) is 0 Å². The van der Waals surface area contributed by atoms with Crippen LogP contribution < -0.4 is 10.2 Å². The Morgan fingerprint density at radius 2 is 1.96 bits per heavy atom. The maximum Gasteiger partial charge on any atom is 0.271 e. The largest absolute Gasteiger partial charge is 0.355 e. The van der Waals surface area contributed by atoms with Gasteiger partial charge >= 0.3 is 0 Å². The molecule has 1 aromatic heterocycles. The predicted octanol–water partition coefficient (Wildman–Crippen LogP) is 1.02. The zero-order valence-electron chi connectivity index (χ0n) is 13.7. The average molecular weight is 340 g/mol. The molecule has 1 aliphatic heterocycles. The lowest BCUT2D eigenvalue weighted by atomic mass is 10.2. The third kappa shape index (κ3) is 4.89. The molecule has 1 fully saturated rings. The van der Waals surface area contributed by atoms with Gasteiger partial charge in [0.15, 0.2) is 9.84 Å². The molecule has 2 heterocycles. The second-order valence-electron chi connectivity index (χ2n) is 5.82. The Hall–Kier alpha value is -1.70. The Bertz CT molecular complexity index is 625. The van der Waals surface area contributed by atoms with Crippen LogP contribution in [0.2, 0.25) is 0 Å². The molecule has 0 radical (unpaired) electrons. The molecule has 1 saturated heterocycles. The van der Waals surface area contributed by atoms with E-state index in [-0.39, 0.29) is 29.1 Å². The first kappa shape index (κ1) is 17.7. The first-order valence-electron chi connectivity index (χ1n) is 8.03. The zero-order chi connectivity index (χ0) is 16.9. The third-order valence-electron chi connectivity index (χ3n) is 3.75. The molecule has 2 rings (SSSR count). The van der Waals surface area contributed by atoms with Crippen LogP contribution in [0.3, 0.4) is 0 Å². The van der Waals surface area contributed by atoms with Crippen molar-refractivity contribution in [3.8, 4) is 0 Å². The van der Waals surface area contributed by atoms with Crippen LogP contribution in [0.15, 0.2) is 12.4 Å². The summed E-state index contributed by atoms with van der Waals surface area (Å²) in [7, 11) is -3.01. The van der Waals surface area contributed by atoms with Gasteiger partial charge in [-0.05, 0) is 19.3 Å². The number of carbonyl (C=O) groups is 1. The van der Waals surface area contributed by atoms with E-state index in [0.717, 1.165) is 31.7 Å². The molecule has 0 bridgehead atoms. The van der Waals surface area contributed by atoms with E-state index in [1.165, 1.54) is 6.20 Å². The molecule has 0 spiro atoms. The fourth-order valence-corrected chi connectivity index (χ4v) is 4.32. The molecule has 7 nitrogen and oxygen atoms in total. The smallest absolute Gasteiger partial charge is 0.271 e. The molecule has 1 amide bonds. The lowest BCUT2D eigenvalue weighted by molar-refractivity contribution is 0.0935. The number of anilines is 1. The highest BCUT2D eigenvalue weighted by atomic mass is 32.2. The van der Waals surface area contributed by atoms with E-state index in [0.29, 0.717) is 6.42 Å². The van der Waals surface area contributed by atoms with Crippen LogP contribution >= 0.6 is 0 Å². The predicted molar refractivity (Wildman–Crippen MR) is 89.4 cm³/mol. The van der Waals surface area contributed by atoms with E-state index in [4.69, 9.17) is 0 Å². The van der Waals surface area contributed by atoms with Crippen molar-refractivity contribution >= 4 is 21.6 Å². The van der Waals surface area contributed by atoms with Crippen LogP contribution in [-0.2, 0) is 9.84 Å². The van der Waals surface area contributed by atoms with Crippen LogP contribution in [0.5, 0.6) is 0 Å². The summed E-state index contributed by atoms with van der Waals surface area (Å²) in [6.07, 6.45) is 5.54. The van der Waals surface area contributed by atoms with Crippen molar-refractivity contribution in [3.05, 3.63) is 18.1 Å². The molecule has 23 heavy (non-hydrogen) atoms. The van der Waals surface area contributed by atoms with Gasteiger partial charge in [0.2, 0.25) is 0 Å². The van der Waals surface area contributed by atoms with Crippen molar-refractivity contribution in [3.63, 3.8) is 0 Å². The van der Waals surface area contributed by atoms with Crippen molar-refractivity contribution in [2.24, 2.45) is 0 Å². The van der Waals surface area contributed by atoms with Gasteiger partial charge in [0.05, 0.1) is 23.9 Å². The molecule has 0 aliphatic carbocycles. The maximum absolute atomic E-state index is 12.1. The summed E-state index contributed by atoms with van der Waals surface area (Å²) >= 11 is 0. The number of nitrogens with one attached hydrogen (secondary N) is 1. The fraction of sp³-hybridized carbons (Fsp3) is 0.667. The molecule has 0 saturated carbocycles. The molecular weight excluding hydrogens is 316 g/mol. The van der Waals surface area contributed by atoms with E-state index < -0.39 is 9.84 Å². The topological polar surface area (TPSA) is 92.3 Å². The molecule has 128 valence electrons. The van der Waals surface area contributed by atoms with Gasteiger partial charge in [-0.15, -0.1) is 0 Å². The van der Waals surface area contributed by atoms with Crippen LogP contribution in [0, 0.1) is 0 Å². The van der Waals surface area contributed by atoms with Gasteiger partial charge in [-0.25, -0.2) is 18.4 Å². The monoisotopic (exact) mass is 340 g/mol. The van der Waals surface area contributed by atoms with Crippen molar-refractivity contribution in [2.45, 2.75) is 39.2 Å². The standard InChI is InChI=1S/C15H24N4O3S/c1-3-6-19(7-4-2)14-10-16-13(9-17-14)15(20)18-12-5-8-23(21,22)11-12/h9-10,12H,3-8,11H2,1-2H3,(H,18,20). The molecule has 1 aliphatic rings. The molecule has 1 atom stereocenters. The third-order valence-corrected chi connectivity index (χ3v) is 5.52. The molecular formula is C15H24N4O3S. The Kier molecular flexibility index (Phi) is 5.92. The molecule has 1 aromatic rings. The quantitative estimate of drug-likeness (QED) is 0.797. The van der Waals surface area contributed by atoms with E-state index >= 15 is 0 Å². The molecule has 0 aromatic carbocycles. The first-order valence-corrected chi connectivity index (χ1v) is 9.85. The Labute approximate surface area is 137 Å². The minimum atomic E-state index is -3.01. The van der Waals surface area contributed by atoms with E-state index in [2.05, 4.69) is 34.0 Å². The van der Waals surface area contributed by atoms with Crippen molar-refractivity contribution < 1.29 is 13.2 Å². The maximum atomic E-state index is 12.1. The first-order chi connectivity index (χ1) is 10.9. The molecule has 8 heteroatoms. The SMILES string of the molecule is CCCN(CCC)c1cnc(C(=O)NC2CCS(=O)(=O)C2)cn1. The van der Waals surface area contributed by atoms with Gasteiger partial charge in [0, 0.05) is 19.1 Å². The Balaban J connectivity index is 1.99. The minimum absolute atomic E-state index is 0.00499. The Morgan fingerprint density at radius 3 is 2.43 bits per heavy atom. The second-order valence-corrected chi connectivity index (χ2v) is 8.05. The minimum Gasteiger partial charge on any atom is -0.355 e. The highest BCUT2D eigenvalue weighted by Gasteiger charge is 2.29. The van der Waals surface area contributed by atoms with Crippen molar-refractivity contribution in [2.75, 3.05) is 29.5 Å². The number of sulfone groups is 1. The summed E-state index contributed by atoms with van der Waals surface area (Å²) in [5.41, 5.74) is 0.214. The second kappa shape index (κ2) is 7.72. The summed E-state index contributed by atoms with van der Waals surface area (Å²) in [6, 6.07) is -0.328. The highest BCUT2D eigenvalue weighted by Crippen LogP contribution is 2.13. The van der Waals surface area contributed by atoms with Gasteiger partial charge < -0.3 is 10.2 Å².